The molecule has 0 radical (unpaired) electrons. The van der Waals surface area contributed by atoms with Crippen LogP contribution in [0.5, 0.6) is 5.75 Å². The number of halogens is 1. The van der Waals surface area contributed by atoms with Gasteiger partial charge in [0.15, 0.2) is 5.82 Å². The number of nitrogens with zero attached hydrogens (tertiary/aromatic N) is 3. The van der Waals surface area contributed by atoms with Crippen LogP contribution in [0.1, 0.15) is 30.3 Å². The third kappa shape index (κ3) is 4.59. The zero-order chi connectivity index (χ0) is 18.4. The maximum absolute atomic E-state index is 6.34. The van der Waals surface area contributed by atoms with Crippen molar-refractivity contribution in [3.05, 3.63) is 75.3 Å². The monoisotopic (exact) mass is 386 g/mol. The smallest absolute Gasteiger partial charge is 0.216 e. The lowest BCUT2D eigenvalue weighted by Gasteiger charge is -2.08. The summed E-state index contributed by atoms with van der Waals surface area (Å²) in [7, 11) is 0. The van der Waals surface area contributed by atoms with E-state index in [0.717, 1.165) is 29.8 Å². The topological polar surface area (TPSA) is 55.2 Å². The molecule has 0 unspecified atom stereocenters. The molecular formula is C19H19ClN4OS. The summed E-state index contributed by atoms with van der Waals surface area (Å²) < 4.78 is 7.89. The van der Waals surface area contributed by atoms with E-state index in [0.29, 0.717) is 22.2 Å². The van der Waals surface area contributed by atoms with Gasteiger partial charge in [-0.15, -0.1) is 0 Å². The molecule has 0 aliphatic rings. The molecule has 3 aromatic rings. The SMILES string of the molecule is CCCc1n[nH]c(=S)n1/N=C\c1ccc(OCc2ccccc2)c(Cl)c1. The summed E-state index contributed by atoms with van der Waals surface area (Å²) in [6.45, 7) is 2.55. The lowest BCUT2D eigenvalue weighted by molar-refractivity contribution is 0.306. The summed E-state index contributed by atoms with van der Waals surface area (Å²) in [4.78, 5) is 0. The molecule has 2 aromatic carbocycles. The fourth-order valence-electron chi connectivity index (χ4n) is 2.40. The van der Waals surface area contributed by atoms with E-state index in [-0.39, 0.29) is 0 Å². The van der Waals surface area contributed by atoms with Gasteiger partial charge in [-0.1, -0.05) is 48.9 Å². The van der Waals surface area contributed by atoms with E-state index in [2.05, 4.69) is 22.2 Å². The van der Waals surface area contributed by atoms with E-state index in [4.69, 9.17) is 28.6 Å². The number of aromatic nitrogens is 3. The van der Waals surface area contributed by atoms with E-state index < -0.39 is 0 Å². The van der Waals surface area contributed by atoms with Gasteiger partial charge in [-0.05, 0) is 48.0 Å². The number of hydrogen-bond donors (Lipinski definition) is 1. The normalized spacial score (nSPS) is 11.2. The van der Waals surface area contributed by atoms with Crippen molar-refractivity contribution >= 4 is 30.0 Å². The summed E-state index contributed by atoms with van der Waals surface area (Å²) in [6.07, 6.45) is 3.48. The van der Waals surface area contributed by atoms with Gasteiger partial charge in [-0.3, -0.25) is 5.10 Å². The molecule has 0 aliphatic heterocycles. The predicted octanol–water partition coefficient (Wildman–Crippen LogP) is 5.01. The average molecular weight is 387 g/mol. The molecule has 0 bridgehead atoms. The van der Waals surface area contributed by atoms with Crippen LogP contribution >= 0.6 is 23.8 Å². The summed E-state index contributed by atoms with van der Waals surface area (Å²) in [6, 6.07) is 15.5. The molecule has 26 heavy (non-hydrogen) atoms. The van der Waals surface area contributed by atoms with Gasteiger partial charge in [0.1, 0.15) is 12.4 Å². The van der Waals surface area contributed by atoms with Gasteiger partial charge in [-0.25, -0.2) is 0 Å². The third-order valence-corrected chi connectivity index (χ3v) is 4.27. The van der Waals surface area contributed by atoms with Crippen LogP contribution in [0.3, 0.4) is 0 Å². The Morgan fingerprint density at radius 2 is 2.08 bits per heavy atom. The number of ether oxygens (including phenoxy) is 1. The first-order valence-electron chi connectivity index (χ1n) is 8.34. The minimum atomic E-state index is 0.471. The minimum absolute atomic E-state index is 0.471. The Morgan fingerprint density at radius 1 is 1.27 bits per heavy atom. The van der Waals surface area contributed by atoms with Gasteiger partial charge >= 0.3 is 0 Å². The second-order valence-corrected chi connectivity index (χ2v) is 6.51. The first-order valence-corrected chi connectivity index (χ1v) is 9.13. The lowest BCUT2D eigenvalue weighted by atomic mass is 10.2. The van der Waals surface area contributed by atoms with Crippen molar-refractivity contribution < 1.29 is 4.74 Å². The van der Waals surface area contributed by atoms with Gasteiger partial charge in [-0.2, -0.15) is 14.9 Å². The highest BCUT2D eigenvalue weighted by Crippen LogP contribution is 2.25. The number of aryl methyl sites for hydroxylation is 1. The average Bonchev–Trinajstić information content (AvgIpc) is 3.00. The number of nitrogens with one attached hydrogen (secondary N) is 1. The predicted molar refractivity (Wildman–Crippen MR) is 107 cm³/mol. The number of H-pyrrole nitrogens is 1. The standard InChI is InChI=1S/C19H19ClN4OS/c1-2-6-18-22-23-19(26)24(18)21-12-15-9-10-17(16(20)11-15)25-13-14-7-4-3-5-8-14/h3-5,7-12H,2,6,13H2,1H3,(H,23,26)/b21-12-. The molecule has 0 fully saturated rings. The van der Waals surface area contributed by atoms with Crippen LogP contribution in [0.2, 0.25) is 5.02 Å². The molecule has 3 rings (SSSR count). The highest BCUT2D eigenvalue weighted by atomic mass is 35.5. The van der Waals surface area contributed by atoms with Crippen LogP contribution in [0, 0.1) is 4.77 Å². The Balaban J connectivity index is 1.71. The van der Waals surface area contributed by atoms with Crippen LogP contribution < -0.4 is 4.74 Å². The summed E-state index contributed by atoms with van der Waals surface area (Å²) in [5.74, 6) is 1.45. The highest BCUT2D eigenvalue weighted by Gasteiger charge is 2.05. The van der Waals surface area contributed by atoms with Crippen molar-refractivity contribution in [1.82, 2.24) is 14.9 Å². The molecule has 0 spiro atoms. The molecule has 0 atom stereocenters. The minimum Gasteiger partial charge on any atom is -0.487 e. The maximum Gasteiger partial charge on any atom is 0.216 e. The largest absolute Gasteiger partial charge is 0.487 e. The van der Waals surface area contributed by atoms with Crippen molar-refractivity contribution in [2.75, 3.05) is 0 Å². The Bertz CT molecular complexity index is 950. The van der Waals surface area contributed by atoms with E-state index >= 15 is 0 Å². The van der Waals surface area contributed by atoms with Gasteiger partial charge < -0.3 is 4.74 Å². The molecule has 7 heteroatoms. The van der Waals surface area contributed by atoms with Crippen molar-refractivity contribution in [3.63, 3.8) is 0 Å². The molecule has 1 heterocycles. The zero-order valence-corrected chi connectivity index (χ0v) is 15.9. The Kier molecular flexibility index (Phi) is 6.20. The van der Waals surface area contributed by atoms with Crippen LogP contribution in [0.25, 0.3) is 0 Å². The Labute approximate surface area is 162 Å². The quantitative estimate of drug-likeness (QED) is 0.458. The van der Waals surface area contributed by atoms with Gasteiger partial charge in [0.25, 0.3) is 0 Å². The van der Waals surface area contributed by atoms with Crippen molar-refractivity contribution in [1.29, 1.82) is 0 Å². The highest BCUT2D eigenvalue weighted by molar-refractivity contribution is 7.71. The van der Waals surface area contributed by atoms with Crippen LogP contribution in [0.15, 0.2) is 53.6 Å². The molecule has 5 nitrogen and oxygen atoms in total. The van der Waals surface area contributed by atoms with Gasteiger partial charge in [0.05, 0.1) is 11.2 Å². The molecule has 0 amide bonds. The van der Waals surface area contributed by atoms with Gasteiger partial charge in [0, 0.05) is 6.42 Å². The molecular weight excluding hydrogens is 368 g/mol. The number of benzene rings is 2. The second-order valence-electron chi connectivity index (χ2n) is 5.72. The molecule has 0 saturated heterocycles. The summed E-state index contributed by atoms with van der Waals surface area (Å²) in [5.41, 5.74) is 1.94. The summed E-state index contributed by atoms with van der Waals surface area (Å²) in [5, 5.41) is 11.9. The fourth-order valence-corrected chi connectivity index (χ4v) is 2.84. The van der Waals surface area contributed by atoms with Crippen molar-refractivity contribution in [3.8, 4) is 5.75 Å². The number of hydrogen-bond acceptors (Lipinski definition) is 4. The molecule has 134 valence electrons. The van der Waals surface area contributed by atoms with E-state index in [1.165, 1.54) is 0 Å². The van der Waals surface area contributed by atoms with Crippen LogP contribution in [0.4, 0.5) is 0 Å². The Morgan fingerprint density at radius 3 is 2.81 bits per heavy atom. The molecule has 0 saturated carbocycles. The first-order chi connectivity index (χ1) is 12.7. The Hall–Kier alpha value is -2.44. The molecule has 1 N–H and O–H groups in total. The third-order valence-electron chi connectivity index (χ3n) is 3.71. The maximum atomic E-state index is 6.34. The first kappa shape index (κ1) is 18.4. The van der Waals surface area contributed by atoms with Crippen molar-refractivity contribution in [2.24, 2.45) is 5.10 Å². The molecule has 0 aliphatic carbocycles. The molecule has 1 aromatic heterocycles. The number of rotatable bonds is 7. The van der Waals surface area contributed by atoms with Crippen LogP contribution in [-0.4, -0.2) is 21.1 Å². The van der Waals surface area contributed by atoms with Crippen LogP contribution in [-0.2, 0) is 13.0 Å². The van der Waals surface area contributed by atoms with Crippen molar-refractivity contribution in [2.45, 2.75) is 26.4 Å². The summed E-state index contributed by atoms with van der Waals surface area (Å²) >= 11 is 11.6. The van der Waals surface area contributed by atoms with E-state index in [1.54, 1.807) is 10.9 Å². The number of aromatic amines is 1. The zero-order valence-electron chi connectivity index (χ0n) is 14.4. The fraction of sp³-hybridized carbons (Fsp3) is 0.211. The van der Waals surface area contributed by atoms with E-state index in [1.807, 2.05) is 48.5 Å². The van der Waals surface area contributed by atoms with Gasteiger partial charge in [0.2, 0.25) is 4.77 Å². The lowest BCUT2D eigenvalue weighted by Crippen LogP contribution is -1.99. The van der Waals surface area contributed by atoms with E-state index in [9.17, 15) is 0 Å². The second kappa shape index (κ2) is 8.78.